The summed E-state index contributed by atoms with van der Waals surface area (Å²) in [4.78, 5) is 14.3. The minimum Gasteiger partial charge on any atom is -0.352 e. The molecule has 1 heterocycles. The van der Waals surface area contributed by atoms with E-state index in [1.54, 1.807) is 0 Å². The van der Waals surface area contributed by atoms with Crippen LogP contribution in [0.4, 0.5) is 0 Å². The second-order valence-electron chi connectivity index (χ2n) is 5.20. The molecule has 4 nitrogen and oxygen atoms in total. The third-order valence-corrected chi connectivity index (χ3v) is 3.68. The molecule has 92 valence electrons. The summed E-state index contributed by atoms with van der Waals surface area (Å²) in [5.41, 5.74) is 5.46. The van der Waals surface area contributed by atoms with Crippen molar-refractivity contribution in [3.05, 3.63) is 0 Å². The van der Waals surface area contributed by atoms with Gasteiger partial charge in [0.2, 0.25) is 5.91 Å². The van der Waals surface area contributed by atoms with E-state index in [1.807, 2.05) is 6.92 Å². The van der Waals surface area contributed by atoms with E-state index in [-0.39, 0.29) is 11.8 Å². The highest BCUT2D eigenvalue weighted by molar-refractivity contribution is 5.78. The van der Waals surface area contributed by atoms with Crippen LogP contribution >= 0.6 is 0 Å². The second kappa shape index (κ2) is 5.15. The predicted octanol–water partition coefficient (Wildman–Crippen LogP) is 0.324. The molecule has 2 fully saturated rings. The molecule has 4 heteroatoms. The standard InChI is InChI=1S/C12H23N3O/c1-9(4-6-13)12(16)14-10-5-7-15(8-10)11-2-3-11/h9-11H,2-8,13H2,1H3,(H,14,16). The summed E-state index contributed by atoms with van der Waals surface area (Å²) >= 11 is 0. The SMILES string of the molecule is CC(CCN)C(=O)NC1CCN(C2CC2)C1. The van der Waals surface area contributed by atoms with E-state index in [2.05, 4.69) is 10.2 Å². The first-order valence-electron chi connectivity index (χ1n) is 6.45. The maximum Gasteiger partial charge on any atom is 0.223 e. The van der Waals surface area contributed by atoms with Gasteiger partial charge in [-0.25, -0.2) is 0 Å². The van der Waals surface area contributed by atoms with Crippen molar-refractivity contribution in [1.82, 2.24) is 10.2 Å². The number of hydrogen-bond donors (Lipinski definition) is 2. The molecule has 16 heavy (non-hydrogen) atoms. The zero-order valence-electron chi connectivity index (χ0n) is 10.1. The zero-order chi connectivity index (χ0) is 11.5. The Morgan fingerprint density at radius 3 is 2.88 bits per heavy atom. The van der Waals surface area contributed by atoms with Crippen LogP contribution in [0, 0.1) is 5.92 Å². The van der Waals surface area contributed by atoms with Gasteiger partial charge in [-0.05, 0) is 32.2 Å². The molecule has 1 aliphatic heterocycles. The first-order valence-corrected chi connectivity index (χ1v) is 6.45. The fourth-order valence-corrected chi connectivity index (χ4v) is 2.40. The van der Waals surface area contributed by atoms with E-state index in [0.717, 1.165) is 32.0 Å². The topological polar surface area (TPSA) is 58.4 Å². The Kier molecular flexibility index (Phi) is 3.82. The molecule has 0 aromatic rings. The summed E-state index contributed by atoms with van der Waals surface area (Å²) in [6.45, 7) is 4.75. The van der Waals surface area contributed by atoms with Gasteiger partial charge >= 0.3 is 0 Å². The Labute approximate surface area is 97.6 Å². The van der Waals surface area contributed by atoms with Crippen LogP contribution in [0.3, 0.4) is 0 Å². The van der Waals surface area contributed by atoms with Crippen molar-refractivity contribution in [2.24, 2.45) is 11.7 Å². The Morgan fingerprint density at radius 1 is 1.50 bits per heavy atom. The number of likely N-dealkylation sites (tertiary alicyclic amines) is 1. The number of hydrogen-bond acceptors (Lipinski definition) is 3. The summed E-state index contributed by atoms with van der Waals surface area (Å²) in [6, 6.07) is 1.19. The highest BCUT2D eigenvalue weighted by Crippen LogP contribution is 2.29. The summed E-state index contributed by atoms with van der Waals surface area (Å²) < 4.78 is 0. The molecule has 0 aromatic carbocycles. The van der Waals surface area contributed by atoms with Crippen molar-refractivity contribution < 1.29 is 4.79 Å². The largest absolute Gasteiger partial charge is 0.352 e. The van der Waals surface area contributed by atoms with Crippen LogP contribution in [0.5, 0.6) is 0 Å². The predicted molar refractivity (Wildman–Crippen MR) is 64.0 cm³/mol. The Bertz CT molecular complexity index is 253. The van der Waals surface area contributed by atoms with Gasteiger partial charge < -0.3 is 11.1 Å². The highest BCUT2D eigenvalue weighted by Gasteiger charge is 2.34. The molecule has 1 aliphatic carbocycles. The van der Waals surface area contributed by atoms with Crippen LogP contribution in [0.15, 0.2) is 0 Å². The molecular formula is C12H23N3O. The van der Waals surface area contributed by atoms with Gasteiger partial charge in [0.25, 0.3) is 0 Å². The smallest absolute Gasteiger partial charge is 0.223 e. The molecule has 0 radical (unpaired) electrons. The molecule has 0 spiro atoms. The zero-order valence-corrected chi connectivity index (χ0v) is 10.1. The quantitative estimate of drug-likeness (QED) is 0.708. The van der Waals surface area contributed by atoms with Gasteiger partial charge in [0.1, 0.15) is 0 Å². The molecule has 2 unspecified atom stereocenters. The van der Waals surface area contributed by atoms with Gasteiger partial charge in [-0.2, -0.15) is 0 Å². The van der Waals surface area contributed by atoms with Crippen LogP contribution in [-0.2, 0) is 4.79 Å². The molecule has 0 bridgehead atoms. The van der Waals surface area contributed by atoms with Gasteiger partial charge in [-0.3, -0.25) is 9.69 Å². The van der Waals surface area contributed by atoms with Crippen LogP contribution < -0.4 is 11.1 Å². The number of carbonyl (C=O) groups excluding carboxylic acids is 1. The highest BCUT2D eigenvalue weighted by atomic mass is 16.1. The van der Waals surface area contributed by atoms with Gasteiger partial charge in [0, 0.05) is 31.1 Å². The summed E-state index contributed by atoms with van der Waals surface area (Å²) in [5, 5.41) is 3.14. The average molecular weight is 225 g/mol. The average Bonchev–Trinajstić information content (AvgIpc) is 3.01. The van der Waals surface area contributed by atoms with E-state index in [9.17, 15) is 4.79 Å². The van der Waals surface area contributed by atoms with Crippen LogP contribution in [-0.4, -0.2) is 42.5 Å². The number of rotatable bonds is 5. The fourth-order valence-electron chi connectivity index (χ4n) is 2.40. The first-order chi connectivity index (χ1) is 7.70. The van der Waals surface area contributed by atoms with Crippen LogP contribution in [0.25, 0.3) is 0 Å². The van der Waals surface area contributed by atoms with Gasteiger partial charge in [0.15, 0.2) is 0 Å². The van der Waals surface area contributed by atoms with E-state index in [4.69, 9.17) is 5.73 Å². The van der Waals surface area contributed by atoms with E-state index >= 15 is 0 Å². The molecule has 2 atom stereocenters. The Morgan fingerprint density at radius 2 is 2.25 bits per heavy atom. The van der Waals surface area contributed by atoms with Crippen LogP contribution in [0.2, 0.25) is 0 Å². The van der Waals surface area contributed by atoms with Crippen molar-refractivity contribution in [2.75, 3.05) is 19.6 Å². The summed E-state index contributed by atoms with van der Waals surface area (Å²) in [6.07, 6.45) is 4.59. The first kappa shape index (κ1) is 11.9. The molecular weight excluding hydrogens is 202 g/mol. The third-order valence-electron chi connectivity index (χ3n) is 3.68. The lowest BCUT2D eigenvalue weighted by Crippen LogP contribution is -2.40. The van der Waals surface area contributed by atoms with Crippen molar-refractivity contribution in [1.29, 1.82) is 0 Å². The van der Waals surface area contributed by atoms with E-state index < -0.39 is 0 Å². The number of nitrogens with one attached hydrogen (secondary N) is 1. The number of nitrogens with two attached hydrogens (primary N) is 1. The van der Waals surface area contributed by atoms with Gasteiger partial charge in [-0.15, -0.1) is 0 Å². The van der Waals surface area contributed by atoms with E-state index in [1.165, 1.54) is 12.8 Å². The molecule has 2 rings (SSSR count). The minimum atomic E-state index is 0.0555. The molecule has 1 saturated carbocycles. The lowest BCUT2D eigenvalue weighted by atomic mass is 10.1. The lowest BCUT2D eigenvalue weighted by Gasteiger charge is -2.18. The van der Waals surface area contributed by atoms with Crippen molar-refractivity contribution in [3.63, 3.8) is 0 Å². The Balaban J connectivity index is 1.71. The van der Waals surface area contributed by atoms with Gasteiger partial charge in [-0.1, -0.05) is 6.92 Å². The van der Waals surface area contributed by atoms with Crippen LogP contribution in [0.1, 0.15) is 32.6 Å². The monoisotopic (exact) mass is 225 g/mol. The Hall–Kier alpha value is -0.610. The number of amides is 1. The molecule has 3 N–H and O–H groups in total. The van der Waals surface area contributed by atoms with Gasteiger partial charge in [0.05, 0.1) is 0 Å². The minimum absolute atomic E-state index is 0.0555. The summed E-state index contributed by atoms with van der Waals surface area (Å²) in [5.74, 6) is 0.230. The third kappa shape index (κ3) is 2.95. The second-order valence-corrected chi connectivity index (χ2v) is 5.20. The molecule has 0 aromatic heterocycles. The molecule has 2 aliphatic rings. The van der Waals surface area contributed by atoms with E-state index in [0.29, 0.717) is 12.6 Å². The maximum atomic E-state index is 11.8. The number of nitrogens with zero attached hydrogens (tertiary/aromatic N) is 1. The molecule has 1 saturated heterocycles. The van der Waals surface area contributed by atoms with Crippen molar-refractivity contribution >= 4 is 5.91 Å². The fraction of sp³-hybridized carbons (Fsp3) is 0.917. The van der Waals surface area contributed by atoms with Crippen molar-refractivity contribution in [2.45, 2.75) is 44.7 Å². The maximum absolute atomic E-state index is 11.8. The number of carbonyl (C=O) groups is 1. The van der Waals surface area contributed by atoms with Crippen molar-refractivity contribution in [3.8, 4) is 0 Å². The molecule has 1 amide bonds. The normalized spacial score (nSPS) is 28.0. The lowest BCUT2D eigenvalue weighted by molar-refractivity contribution is -0.125. The summed E-state index contributed by atoms with van der Waals surface area (Å²) in [7, 11) is 0.